The zero-order valence-electron chi connectivity index (χ0n) is 8.42. The molecule has 1 aliphatic rings. The number of hydrogen-bond acceptors (Lipinski definition) is 2. The van der Waals surface area contributed by atoms with Crippen molar-refractivity contribution < 1.29 is 4.74 Å². The highest BCUT2D eigenvalue weighted by Gasteiger charge is 2.25. The monoisotopic (exact) mass is 159 g/mol. The molecule has 2 atom stereocenters. The van der Waals surface area contributed by atoms with Crippen molar-refractivity contribution in [3.8, 4) is 0 Å². The first-order valence-corrected chi connectivity index (χ1v) is 4.47. The van der Waals surface area contributed by atoms with E-state index in [-0.39, 0.29) is 0 Å². The topological polar surface area (TPSA) is 12.5 Å². The van der Waals surface area contributed by atoms with Crippen LogP contribution in [0.3, 0.4) is 0 Å². The Morgan fingerprint density at radius 3 is 2.09 bits per heavy atom. The van der Waals surface area contributed by atoms with Gasteiger partial charge in [-0.15, -0.1) is 0 Å². The van der Waals surface area contributed by atoms with Crippen molar-refractivity contribution in [1.29, 1.82) is 0 Å². The first kappa shape index (κ1) is 10.9. The fourth-order valence-corrected chi connectivity index (χ4v) is 1.31. The van der Waals surface area contributed by atoms with Gasteiger partial charge in [0.1, 0.15) is 0 Å². The maximum absolute atomic E-state index is 5.21. The minimum absolute atomic E-state index is 0.477. The van der Waals surface area contributed by atoms with Crippen molar-refractivity contribution in [2.24, 2.45) is 0 Å². The number of ether oxygens (including phenoxy) is 1. The average molecular weight is 159 g/mol. The third-order valence-electron chi connectivity index (χ3n) is 2.18. The molecule has 68 valence electrons. The highest BCUT2D eigenvalue weighted by molar-refractivity contribution is 4.79. The van der Waals surface area contributed by atoms with Crippen LogP contribution in [0.2, 0.25) is 0 Å². The van der Waals surface area contributed by atoms with E-state index in [1.54, 1.807) is 7.11 Å². The molecule has 11 heavy (non-hydrogen) atoms. The van der Waals surface area contributed by atoms with E-state index >= 15 is 0 Å². The summed E-state index contributed by atoms with van der Waals surface area (Å²) < 4.78 is 5.21. The maximum Gasteiger partial charge on any atom is 0.0713 e. The SMILES string of the molecule is CC.COC1CC(C)N(C)C1. The lowest BCUT2D eigenvalue weighted by Gasteiger charge is -2.11. The molecule has 0 bridgehead atoms. The molecule has 2 nitrogen and oxygen atoms in total. The van der Waals surface area contributed by atoms with E-state index in [4.69, 9.17) is 4.74 Å². The highest BCUT2D eigenvalue weighted by atomic mass is 16.5. The third kappa shape index (κ3) is 3.21. The van der Waals surface area contributed by atoms with E-state index in [1.165, 1.54) is 6.42 Å². The Morgan fingerprint density at radius 2 is 1.91 bits per heavy atom. The zero-order valence-corrected chi connectivity index (χ0v) is 8.42. The van der Waals surface area contributed by atoms with Gasteiger partial charge in [0, 0.05) is 19.7 Å². The van der Waals surface area contributed by atoms with Gasteiger partial charge < -0.3 is 9.64 Å². The Bertz CT molecular complexity index is 85.6. The van der Waals surface area contributed by atoms with Crippen molar-refractivity contribution >= 4 is 0 Å². The van der Waals surface area contributed by atoms with Crippen LogP contribution in [0, 0.1) is 0 Å². The van der Waals surface area contributed by atoms with Gasteiger partial charge >= 0.3 is 0 Å². The summed E-state index contributed by atoms with van der Waals surface area (Å²) >= 11 is 0. The van der Waals surface area contributed by atoms with Gasteiger partial charge in [-0.3, -0.25) is 0 Å². The summed E-state index contributed by atoms with van der Waals surface area (Å²) in [5.74, 6) is 0. The van der Waals surface area contributed by atoms with E-state index in [9.17, 15) is 0 Å². The normalized spacial score (nSPS) is 31.4. The fourth-order valence-electron chi connectivity index (χ4n) is 1.31. The average Bonchev–Trinajstić information content (AvgIpc) is 2.36. The van der Waals surface area contributed by atoms with Crippen molar-refractivity contribution in [2.45, 2.75) is 39.3 Å². The van der Waals surface area contributed by atoms with E-state index in [0.717, 1.165) is 6.54 Å². The second-order valence-corrected chi connectivity index (χ2v) is 2.88. The Labute approximate surface area is 70.5 Å². The molecule has 0 aromatic heterocycles. The summed E-state index contributed by atoms with van der Waals surface area (Å²) in [6.07, 6.45) is 1.66. The first-order valence-electron chi connectivity index (χ1n) is 4.47. The molecule has 1 saturated heterocycles. The molecule has 1 rings (SSSR count). The van der Waals surface area contributed by atoms with E-state index in [2.05, 4.69) is 18.9 Å². The number of likely N-dealkylation sites (N-methyl/N-ethyl adjacent to an activating group) is 1. The van der Waals surface area contributed by atoms with Crippen LogP contribution < -0.4 is 0 Å². The van der Waals surface area contributed by atoms with Crippen molar-refractivity contribution in [3.63, 3.8) is 0 Å². The number of likely N-dealkylation sites (tertiary alicyclic amines) is 1. The quantitative estimate of drug-likeness (QED) is 0.578. The molecule has 0 aromatic carbocycles. The molecule has 0 aromatic rings. The molecule has 0 saturated carbocycles. The summed E-state index contributed by atoms with van der Waals surface area (Å²) in [5, 5.41) is 0. The molecule has 1 heterocycles. The highest BCUT2D eigenvalue weighted by Crippen LogP contribution is 2.16. The van der Waals surface area contributed by atoms with Crippen LogP contribution >= 0.6 is 0 Å². The van der Waals surface area contributed by atoms with Crippen LogP contribution in [0.4, 0.5) is 0 Å². The Hall–Kier alpha value is -0.0800. The van der Waals surface area contributed by atoms with E-state index in [1.807, 2.05) is 13.8 Å². The van der Waals surface area contributed by atoms with Gasteiger partial charge in [0.25, 0.3) is 0 Å². The van der Waals surface area contributed by atoms with Crippen LogP contribution in [0.5, 0.6) is 0 Å². The fraction of sp³-hybridized carbons (Fsp3) is 1.00. The summed E-state index contributed by atoms with van der Waals surface area (Å²) in [6.45, 7) is 7.33. The van der Waals surface area contributed by atoms with Gasteiger partial charge in [0.05, 0.1) is 6.10 Å². The molecule has 2 unspecified atom stereocenters. The number of hydrogen-bond donors (Lipinski definition) is 0. The van der Waals surface area contributed by atoms with Gasteiger partial charge in [0.15, 0.2) is 0 Å². The van der Waals surface area contributed by atoms with Gasteiger partial charge in [-0.05, 0) is 20.4 Å². The maximum atomic E-state index is 5.21. The molecular weight excluding hydrogens is 138 g/mol. The molecule has 0 N–H and O–H groups in total. The second-order valence-electron chi connectivity index (χ2n) is 2.88. The molecule has 0 amide bonds. The van der Waals surface area contributed by atoms with Crippen LogP contribution in [-0.2, 0) is 4.74 Å². The van der Waals surface area contributed by atoms with Crippen molar-refractivity contribution in [2.75, 3.05) is 20.7 Å². The van der Waals surface area contributed by atoms with E-state index < -0.39 is 0 Å². The second kappa shape index (κ2) is 5.56. The summed E-state index contributed by atoms with van der Waals surface area (Å²) in [7, 11) is 3.93. The predicted molar refractivity (Wildman–Crippen MR) is 48.9 cm³/mol. The lowest BCUT2D eigenvalue weighted by molar-refractivity contribution is 0.111. The Kier molecular flexibility index (Phi) is 5.51. The van der Waals surface area contributed by atoms with Crippen LogP contribution in [0.15, 0.2) is 0 Å². The predicted octanol–water partition coefficient (Wildman–Crippen LogP) is 1.75. The van der Waals surface area contributed by atoms with Gasteiger partial charge in [-0.1, -0.05) is 13.8 Å². The Balaban J connectivity index is 0.000000461. The van der Waals surface area contributed by atoms with Crippen LogP contribution in [0.1, 0.15) is 27.2 Å². The zero-order chi connectivity index (χ0) is 8.85. The number of methoxy groups -OCH3 is 1. The minimum atomic E-state index is 0.477. The summed E-state index contributed by atoms with van der Waals surface area (Å²) in [5.41, 5.74) is 0. The molecule has 1 fully saturated rings. The molecule has 0 spiro atoms. The summed E-state index contributed by atoms with van der Waals surface area (Å²) in [4.78, 5) is 2.33. The molecular formula is C9H21NO. The summed E-state index contributed by atoms with van der Waals surface area (Å²) in [6, 6.07) is 0.704. The van der Waals surface area contributed by atoms with Gasteiger partial charge in [-0.2, -0.15) is 0 Å². The lowest BCUT2D eigenvalue weighted by atomic mass is 10.2. The van der Waals surface area contributed by atoms with Crippen LogP contribution in [-0.4, -0.2) is 37.7 Å². The molecule has 2 heteroatoms. The lowest BCUT2D eigenvalue weighted by Crippen LogP contribution is -2.22. The standard InChI is InChI=1S/C7H15NO.C2H6/c1-6-4-7(9-3)5-8(6)2;1-2/h6-7H,4-5H2,1-3H3;1-2H3. The number of nitrogens with zero attached hydrogens (tertiary/aromatic N) is 1. The van der Waals surface area contributed by atoms with Gasteiger partial charge in [-0.25, -0.2) is 0 Å². The minimum Gasteiger partial charge on any atom is -0.380 e. The first-order chi connectivity index (χ1) is 5.24. The molecule has 0 radical (unpaired) electrons. The molecule has 1 aliphatic heterocycles. The van der Waals surface area contributed by atoms with Crippen LogP contribution in [0.25, 0.3) is 0 Å². The van der Waals surface area contributed by atoms with Crippen molar-refractivity contribution in [1.82, 2.24) is 4.90 Å². The van der Waals surface area contributed by atoms with E-state index in [0.29, 0.717) is 12.1 Å². The third-order valence-corrected chi connectivity index (χ3v) is 2.18. The van der Waals surface area contributed by atoms with Gasteiger partial charge in [0.2, 0.25) is 0 Å². The largest absolute Gasteiger partial charge is 0.380 e. The Morgan fingerprint density at radius 1 is 1.36 bits per heavy atom. The van der Waals surface area contributed by atoms with Crippen molar-refractivity contribution in [3.05, 3.63) is 0 Å². The molecule has 0 aliphatic carbocycles. The number of rotatable bonds is 1. The smallest absolute Gasteiger partial charge is 0.0713 e.